The standard InChI is InChI=1S/C10H21O3Si/c1-5-7-11-10(4,12-8-6-2)13-9(3)14/h9H,5-8H2,1-4H3. The summed E-state index contributed by atoms with van der Waals surface area (Å²) >= 11 is 0. The third kappa shape index (κ3) is 6.54. The smallest absolute Gasteiger partial charge is 0.279 e. The first kappa shape index (κ1) is 14.1. The van der Waals surface area contributed by atoms with Gasteiger partial charge in [0.2, 0.25) is 0 Å². The lowest BCUT2D eigenvalue weighted by Gasteiger charge is -2.31. The van der Waals surface area contributed by atoms with Crippen LogP contribution in [0.1, 0.15) is 40.5 Å². The molecule has 14 heavy (non-hydrogen) atoms. The molecule has 4 heteroatoms. The van der Waals surface area contributed by atoms with Crippen molar-refractivity contribution in [3.8, 4) is 0 Å². The van der Waals surface area contributed by atoms with E-state index < -0.39 is 5.97 Å². The van der Waals surface area contributed by atoms with Crippen LogP contribution in [0.4, 0.5) is 0 Å². The normalized spacial score (nSPS) is 14.4. The predicted molar refractivity (Wildman–Crippen MR) is 57.2 cm³/mol. The van der Waals surface area contributed by atoms with Gasteiger partial charge in [0.25, 0.3) is 5.97 Å². The van der Waals surface area contributed by atoms with Crippen LogP contribution >= 0.6 is 0 Å². The minimum atomic E-state index is -0.923. The molecule has 0 saturated carbocycles. The Hall–Kier alpha value is 0.0969. The fourth-order valence-corrected chi connectivity index (χ4v) is 1.22. The van der Waals surface area contributed by atoms with Crippen molar-refractivity contribution in [2.45, 2.75) is 52.2 Å². The summed E-state index contributed by atoms with van der Waals surface area (Å²) in [5.41, 5.74) is -0.0892. The van der Waals surface area contributed by atoms with Gasteiger partial charge in [0.05, 0.1) is 23.5 Å². The molecular weight excluding hydrogens is 196 g/mol. The lowest BCUT2D eigenvalue weighted by molar-refractivity contribution is -0.373. The van der Waals surface area contributed by atoms with E-state index in [0.29, 0.717) is 13.2 Å². The molecule has 0 aliphatic rings. The molecule has 0 rings (SSSR count). The maximum absolute atomic E-state index is 5.52. The Bertz CT molecular complexity index is 131. The average Bonchev–Trinajstić information content (AvgIpc) is 2.11. The zero-order valence-electron chi connectivity index (χ0n) is 9.63. The molecule has 0 aromatic heterocycles. The molecule has 0 N–H and O–H groups in total. The van der Waals surface area contributed by atoms with Crippen molar-refractivity contribution in [2.75, 3.05) is 13.2 Å². The van der Waals surface area contributed by atoms with Crippen LogP contribution in [-0.2, 0) is 14.2 Å². The van der Waals surface area contributed by atoms with Crippen molar-refractivity contribution < 1.29 is 14.2 Å². The van der Waals surface area contributed by atoms with Crippen molar-refractivity contribution in [3.63, 3.8) is 0 Å². The molecule has 0 heterocycles. The van der Waals surface area contributed by atoms with E-state index in [-0.39, 0.29) is 5.73 Å². The second-order valence-corrected chi connectivity index (χ2v) is 4.13. The van der Waals surface area contributed by atoms with E-state index in [1.165, 1.54) is 0 Å². The molecule has 0 aliphatic carbocycles. The van der Waals surface area contributed by atoms with Gasteiger partial charge < -0.3 is 14.2 Å². The molecule has 0 bridgehead atoms. The van der Waals surface area contributed by atoms with Crippen molar-refractivity contribution in [1.29, 1.82) is 0 Å². The van der Waals surface area contributed by atoms with Gasteiger partial charge in [0, 0.05) is 12.7 Å². The van der Waals surface area contributed by atoms with Gasteiger partial charge in [-0.15, -0.1) is 0 Å². The molecule has 0 saturated heterocycles. The van der Waals surface area contributed by atoms with Crippen molar-refractivity contribution >= 4 is 10.2 Å². The molecule has 0 aliphatic heterocycles. The van der Waals surface area contributed by atoms with Gasteiger partial charge in [-0.25, -0.2) is 0 Å². The molecule has 3 radical (unpaired) electrons. The maximum Gasteiger partial charge on any atom is 0.279 e. The highest BCUT2D eigenvalue weighted by atomic mass is 28.1. The quantitative estimate of drug-likeness (QED) is 0.460. The Morgan fingerprint density at radius 3 is 1.86 bits per heavy atom. The minimum Gasteiger partial charge on any atom is -0.329 e. The van der Waals surface area contributed by atoms with Crippen LogP contribution in [0, 0.1) is 0 Å². The number of rotatable bonds is 8. The number of hydrogen-bond acceptors (Lipinski definition) is 3. The second kappa shape index (κ2) is 7.40. The first-order chi connectivity index (χ1) is 6.54. The third-order valence-corrected chi connectivity index (χ3v) is 1.65. The largest absolute Gasteiger partial charge is 0.329 e. The van der Waals surface area contributed by atoms with Crippen LogP contribution in [0.25, 0.3) is 0 Å². The number of hydrogen-bond donors (Lipinski definition) is 0. The molecule has 0 aromatic carbocycles. The first-order valence-corrected chi connectivity index (χ1v) is 5.78. The zero-order chi connectivity index (χ0) is 11.0. The second-order valence-electron chi connectivity index (χ2n) is 3.32. The molecule has 1 unspecified atom stereocenters. The lowest BCUT2D eigenvalue weighted by Crippen LogP contribution is -2.39. The summed E-state index contributed by atoms with van der Waals surface area (Å²) in [4.78, 5) is 0. The van der Waals surface area contributed by atoms with Gasteiger partial charge in [-0.05, 0) is 19.8 Å². The van der Waals surface area contributed by atoms with E-state index in [9.17, 15) is 0 Å². The van der Waals surface area contributed by atoms with Crippen LogP contribution in [0.5, 0.6) is 0 Å². The Morgan fingerprint density at radius 2 is 1.57 bits per heavy atom. The lowest BCUT2D eigenvalue weighted by atomic mass is 10.5. The van der Waals surface area contributed by atoms with E-state index in [0.717, 1.165) is 12.8 Å². The van der Waals surface area contributed by atoms with E-state index in [2.05, 4.69) is 24.1 Å². The van der Waals surface area contributed by atoms with Gasteiger partial charge in [-0.3, -0.25) is 0 Å². The summed E-state index contributed by atoms with van der Waals surface area (Å²) in [7, 11) is 3.36. The summed E-state index contributed by atoms with van der Waals surface area (Å²) in [5.74, 6) is -0.923. The van der Waals surface area contributed by atoms with Crippen molar-refractivity contribution in [2.24, 2.45) is 0 Å². The van der Waals surface area contributed by atoms with Crippen molar-refractivity contribution in [3.05, 3.63) is 0 Å². The zero-order valence-corrected chi connectivity index (χ0v) is 10.6. The van der Waals surface area contributed by atoms with E-state index in [4.69, 9.17) is 14.2 Å². The maximum atomic E-state index is 5.52. The van der Waals surface area contributed by atoms with Gasteiger partial charge in [0.1, 0.15) is 0 Å². The molecule has 3 nitrogen and oxygen atoms in total. The molecule has 0 amide bonds. The average molecular weight is 217 g/mol. The topological polar surface area (TPSA) is 27.7 Å². The predicted octanol–water partition coefficient (Wildman–Crippen LogP) is 2.04. The van der Waals surface area contributed by atoms with Gasteiger partial charge in [-0.1, -0.05) is 13.8 Å². The van der Waals surface area contributed by atoms with Crippen LogP contribution in [0.15, 0.2) is 0 Å². The Labute approximate surface area is 90.5 Å². The van der Waals surface area contributed by atoms with E-state index >= 15 is 0 Å². The minimum absolute atomic E-state index is 0.0892. The fourth-order valence-electron chi connectivity index (χ4n) is 1.01. The highest BCUT2D eigenvalue weighted by Gasteiger charge is 2.27. The van der Waals surface area contributed by atoms with Crippen LogP contribution in [-0.4, -0.2) is 35.2 Å². The summed E-state index contributed by atoms with van der Waals surface area (Å²) in [6.45, 7) is 9.07. The van der Waals surface area contributed by atoms with Crippen LogP contribution in [0.3, 0.4) is 0 Å². The SMILES string of the molecule is CCCOC(C)(OCCC)OC(C)[Si]. The highest BCUT2D eigenvalue weighted by Crippen LogP contribution is 2.17. The molecule has 1 atom stereocenters. The first-order valence-electron chi connectivity index (χ1n) is 5.21. The summed E-state index contributed by atoms with van der Waals surface area (Å²) in [5, 5.41) is 0. The Kier molecular flexibility index (Phi) is 7.45. The Balaban J connectivity index is 4.03. The third-order valence-electron chi connectivity index (χ3n) is 1.53. The summed E-state index contributed by atoms with van der Waals surface area (Å²) in [6, 6.07) is 0. The monoisotopic (exact) mass is 217 g/mol. The van der Waals surface area contributed by atoms with Gasteiger partial charge in [0.15, 0.2) is 0 Å². The fraction of sp³-hybridized carbons (Fsp3) is 1.00. The molecule has 0 fully saturated rings. The highest BCUT2D eigenvalue weighted by molar-refractivity contribution is 6.10. The summed E-state index contributed by atoms with van der Waals surface area (Å²) in [6.07, 6.45) is 1.90. The van der Waals surface area contributed by atoms with Crippen molar-refractivity contribution in [1.82, 2.24) is 0 Å². The number of ether oxygens (including phenoxy) is 3. The van der Waals surface area contributed by atoms with Gasteiger partial charge in [-0.2, -0.15) is 0 Å². The molecule has 0 spiro atoms. The molecule has 0 aromatic rings. The molecule has 83 valence electrons. The molecular formula is C10H21O3Si. The van der Waals surface area contributed by atoms with Crippen LogP contribution < -0.4 is 0 Å². The van der Waals surface area contributed by atoms with E-state index in [1.807, 2.05) is 6.92 Å². The van der Waals surface area contributed by atoms with Gasteiger partial charge >= 0.3 is 0 Å². The summed E-state index contributed by atoms with van der Waals surface area (Å²) < 4.78 is 16.5. The Morgan fingerprint density at radius 1 is 1.14 bits per heavy atom. The van der Waals surface area contributed by atoms with E-state index in [1.54, 1.807) is 6.92 Å². The van der Waals surface area contributed by atoms with Crippen LogP contribution in [0.2, 0.25) is 0 Å².